The summed E-state index contributed by atoms with van der Waals surface area (Å²) in [6.07, 6.45) is 1.32. The summed E-state index contributed by atoms with van der Waals surface area (Å²) in [4.78, 5) is 32.2. The number of carbonyl (C=O) groups excluding carboxylic acids is 2. The van der Waals surface area contributed by atoms with Gasteiger partial charge in [-0.3, -0.25) is 14.4 Å². The number of fused-ring (bicyclic) bond motifs is 2. The number of rotatable bonds is 2. The number of aromatic amines is 1. The van der Waals surface area contributed by atoms with Crippen molar-refractivity contribution in [2.24, 2.45) is 0 Å². The topological polar surface area (TPSA) is 83.5 Å². The Balaban J connectivity index is 1.43. The summed E-state index contributed by atoms with van der Waals surface area (Å²) in [6, 6.07) is 7.91. The molecule has 2 aromatic heterocycles. The molecule has 0 aliphatic carbocycles. The van der Waals surface area contributed by atoms with Gasteiger partial charge in [0.25, 0.3) is 5.91 Å². The number of para-hydroxylation sites is 1. The molecule has 1 fully saturated rings. The van der Waals surface area contributed by atoms with E-state index in [2.05, 4.69) is 10.1 Å². The molecule has 0 spiro atoms. The van der Waals surface area contributed by atoms with Crippen LogP contribution >= 0.6 is 0 Å². The van der Waals surface area contributed by atoms with E-state index in [9.17, 15) is 9.59 Å². The smallest absolute Gasteiger partial charge is 0.415 e. The highest BCUT2D eigenvalue weighted by Gasteiger charge is 2.40. The third-order valence-corrected chi connectivity index (χ3v) is 5.64. The van der Waals surface area contributed by atoms with E-state index in [-0.39, 0.29) is 12.0 Å². The molecule has 1 aromatic carbocycles. The van der Waals surface area contributed by atoms with Crippen LogP contribution < -0.4 is 4.90 Å². The summed E-state index contributed by atoms with van der Waals surface area (Å²) in [5.41, 5.74) is 3.69. The standard InChI is InChI=1S/C21H23N5O3/c1-13-5-4-6-14-9-15(23-18(13)14)19(27)24-7-8-26-17(11-24)16(10-22-26)25-12-21(2,3)29-20(25)28/h4-6,9-10,23H,7-8,11-12H2,1-3H3. The van der Waals surface area contributed by atoms with Gasteiger partial charge in [-0.15, -0.1) is 0 Å². The summed E-state index contributed by atoms with van der Waals surface area (Å²) in [5.74, 6) is -0.0525. The number of aromatic nitrogens is 3. The van der Waals surface area contributed by atoms with Crippen molar-refractivity contribution in [3.63, 3.8) is 0 Å². The van der Waals surface area contributed by atoms with Gasteiger partial charge in [0.2, 0.25) is 0 Å². The molecule has 4 heterocycles. The van der Waals surface area contributed by atoms with E-state index in [1.807, 2.05) is 49.7 Å². The van der Waals surface area contributed by atoms with Crippen LogP contribution in [0.3, 0.4) is 0 Å². The second-order valence-corrected chi connectivity index (χ2v) is 8.36. The highest BCUT2D eigenvalue weighted by Crippen LogP contribution is 2.32. The average Bonchev–Trinajstić information content (AvgIpc) is 3.35. The molecule has 29 heavy (non-hydrogen) atoms. The van der Waals surface area contributed by atoms with Crippen LogP contribution in [0, 0.1) is 6.92 Å². The zero-order chi connectivity index (χ0) is 20.3. The van der Waals surface area contributed by atoms with E-state index in [1.54, 1.807) is 16.0 Å². The number of nitrogens with one attached hydrogen (secondary N) is 1. The minimum Gasteiger partial charge on any atom is -0.441 e. The van der Waals surface area contributed by atoms with Gasteiger partial charge in [0, 0.05) is 17.4 Å². The van der Waals surface area contributed by atoms with Gasteiger partial charge < -0.3 is 14.6 Å². The van der Waals surface area contributed by atoms with Gasteiger partial charge in [0.05, 0.1) is 37.2 Å². The lowest BCUT2D eigenvalue weighted by Gasteiger charge is -2.29. The Kier molecular flexibility index (Phi) is 3.74. The molecule has 1 saturated heterocycles. The molecule has 150 valence electrons. The van der Waals surface area contributed by atoms with Gasteiger partial charge in [0.1, 0.15) is 11.3 Å². The highest BCUT2D eigenvalue weighted by atomic mass is 16.6. The van der Waals surface area contributed by atoms with Crippen molar-refractivity contribution in [1.29, 1.82) is 0 Å². The van der Waals surface area contributed by atoms with Crippen LogP contribution in [0.5, 0.6) is 0 Å². The molecule has 8 heteroatoms. The van der Waals surface area contributed by atoms with Crippen LogP contribution in [0.25, 0.3) is 10.9 Å². The number of amides is 2. The number of anilines is 1. The molecule has 5 rings (SSSR count). The van der Waals surface area contributed by atoms with Gasteiger partial charge in [-0.05, 0) is 32.4 Å². The third-order valence-electron chi connectivity index (χ3n) is 5.64. The van der Waals surface area contributed by atoms with Crippen LogP contribution in [-0.4, -0.2) is 50.4 Å². The van der Waals surface area contributed by atoms with E-state index in [0.717, 1.165) is 22.2 Å². The number of nitrogens with zero attached hydrogens (tertiary/aromatic N) is 4. The van der Waals surface area contributed by atoms with E-state index in [0.29, 0.717) is 37.6 Å². The fraction of sp³-hybridized carbons (Fsp3) is 0.381. The molecule has 8 nitrogen and oxygen atoms in total. The predicted octanol–water partition coefficient (Wildman–Crippen LogP) is 3.06. The summed E-state index contributed by atoms with van der Waals surface area (Å²) < 4.78 is 7.30. The molecule has 0 unspecified atom stereocenters. The number of hydrogen-bond donors (Lipinski definition) is 1. The average molecular weight is 393 g/mol. The Hall–Kier alpha value is -3.29. The second kappa shape index (κ2) is 6.10. The molecule has 0 saturated carbocycles. The Morgan fingerprint density at radius 3 is 2.83 bits per heavy atom. The lowest BCUT2D eigenvalue weighted by atomic mass is 10.1. The molecule has 2 aliphatic heterocycles. The van der Waals surface area contributed by atoms with E-state index in [4.69, 9.17) is 4.74 Å². The first-order chi connectivity index (χ1) is 13.8. The van der Waals surface area contributed by atoms with E-state index in [1.165, 1.54) is 0 Å². The maximum absolute atomic E-state index is 13.2. The molecule has 3 aromatic rings. The molecule has 1 N–H and O–H groups in total. The molecular weight excluding hydrogens is 370 g/mol. The van der Waals surface area contributed by atoms with Gasteiger partial charge >= 0.3 is 6.09 Å². The van der Waals surface area contributed by atoms with Crippen LogP contribution in [0.2, 0.25) is 0 Å². The Labute approximate surface area is 168 Å². The molecular formula is C21H23N5O3. The fourth-order valence-corrected chi connectivity index (χ4v) is 4.18. The molecule has 2 amide bonds. The Morgan fingerprint density at radius 1 is 1.28 bits per heavy atom. The first kappa shape index (κ1) is 17.8. The second-order valence-electron chi connectivity index (χ2n) is 8.36. The van der Waals surface area contributed by atoms with Gasteiger partial charge in [-0.1, -0.05) is 18.2 Å². The van der Waals surface area contributed by atoms with Crippen LogP contribution in [-0.2, 0) is 17.8 Å². The lowest BCUT2D eigenvalue weighted by Crippen LogP contribution is -2.39. The quantitative estimate of drug-likeness (QED) is 0.725. The Bertz CT molecular complexity index is 1140. The number of ether oxygens (including phenoxy) is 1. The van der Waals surface area contributed by atoms with Crippen molar-refractivity contribution in [2.75, 3.05) is 18.0 Å². The monoisotopic (exact) mass is 393 g/mol. The maximum Gasteiger partial charge on any atom is 0.415 e. The van der Waals surface area contributed by atoms with Crippen LogP contribution in [0.4, 0.5) is 10.5 Å². The summed E-state index contributed by atoms with van der Waals surface area (Å²) in [6.45, 7) is 7.80. The number of aryl methyl sites for hydroxylation is 1. The van der Waals surface area contributed by atoms with E-state index < -0.39 is 5.60 Å². The van der Waals surface area contributed by atoms with Crippen molar-refractivity contribution in [2.45, 2.75) is 39.5 Å². The first-order valence-electron chi connectivity index (χ1n) is 9.75. The van der Waals surface area contributed by atoms with Crippen molar-refractivity contribution in [3.05, 3.63) is 47.4 Å². The zero-order valence-electron chi connectivity index (χ0n) is 16.7. The van der Waals surface area contributed by atoms with E-state index >= 15 is 0 Å². The van der Waals surface area contributed by atoms with Crippen molar-refractivity contribution >= 4 is 28.6 Å². The number of H-pyrrole nitrogens is 1. The number of hydrogen-bond acceptors (Lipinski definition) is 4. The summed E-state index contributed by atoms with van der Waals surface area (Å²) in [7, 11) is 0. The predicted molar refractivity (Wildman–Crippen MR) is 108 cm³/mol. The number of carbonyl (C=O) groups is 2. The van der Waals surface area contributed by atoms with Gasteiger partial charge in [0.15, 0.2) is 0 Å². The minimum atomic E-state index is -0.543. The number of benzene rings is 1. The van der Waals surface area contributed by atoms with Crippen molar-refractivity contribution in [1.82, 2.24) is 19.7 Å². The molecule has 2 aliphatic rings. The lowest BCUT2D eigenvalue weighted by molar-refractivity contribution is 0.0701. The number of cyclic esters (lactones) is 1. The first-order valence-corrected chi connectivity index (χ1v) is 9.75. The summed E-state index contributed by atoms with van der Waals surface area (Å²) in [5, 5.41) is 5.44. The maximum atomic E-state index is 13.2. The van der Waals surface area contributed by atoms with Crippen LogP contribution in [0.15, 0.2) is 30.5 Å². The van der Waals surface area contributed by atoms with Gasteiger partial charge in [-0.25, -0.2) is 4.79 Å². The normalized spacial score (nSPS) is 18.2. The Morgan fingerprint density at radius 2 is 2.10 bits per heavy atom. The largest absolute Gasteiger partial charge is 0.441 e. The molecule has 0 radical (unpaired) electrons. The third kappa shape index (κ3) is 2.86. The van der Waals surface area contributed by atoms with Crippen LogP contribution in [0.1, 0.15) is 35.6 Å². The molecule has 0 bridgehead atoms. The highest BCUT2D eigenvalue weighted by molar-refractivity contribution is 5.99. The minimum absolute atomic E-state index is 0.0525. The molecule has 0 atom stereocenters. The summed E-state index contributed by atoms with van der Waals surface area (Å²) >= 11 is 0. The van der Waals surface area contributed by atoms with Gasteiger partial charge in [-0.2, -0.15) is 5.10 Å². The van der Waals surface area contributed by atoms with Crippen molar-refractivity contribution < 1.29 is 14.3 Å². The fourth-order valence-electron chi connectivity index (χ4n) is 4.18. The SMILES string of the molecule is Cc1cccc2cc(C(=O)N3CCn4ncc(N5CC(C)(C)OC5=O)c4C3)[nH]c12. The zero-order valence-corrected chi connectivity index (χ0v) is 16.7. The van der Waals surface area contributed by atoms with Crippen molar-refractivity contribution in [3.8, 4) is 0 Å².